The van der Waals surface area contributed by atoms with Gasteiger partial charge in [-0.05, 0) is 47.3 Å². The van der Waals surface area contributed by atoms with Crippen LogP contribution in [0.15, 0.2) is 36.4 Å². The molecule has 24 heavy (non-hydrogen) atoms. The zero-order valence-corrected chi connectivity index (χ0v) is 15.4. The van der Waals surface area contributed by atoms with Crippen molar-refractivity contribution in [2.24, 2.45) is 11.7 Å². The predicted octanol–water partition coefficient (Wildman–Crippen LogP) is 3.95. The van der Waals surface area contributed by atoms with Crippen molar-refractivity contribution in [3.05, 3.63) is 47.5 Å². The average molecular weight is 326 g/mol. The fourth-order valence-electron chi connectivity index (χ4n) is 3.55. The molecule has 1 amide bonds. The van der Waals surface area contributed by atoms with Crippen molar-refractivity contribution in [3.8, 4) is 0 Å². The van der Waals surface area contributed by atoms with Crippen LogP contribution in [0.5, 0.6) is 0 Å². The van der Waals surface area contributed by atoms with Crippen molar-refractivity contribution in [1.29, 1.82) is 0 Å². The van der Waals surface area contributed by atoms with Gasteiger partial charge in [0.2, 0.25) is 5.91 Å². The number of likely N-dealkylation sites (N-methyl/N-ethyl adjacent to an activating group) is 1. The van der Waals surface area contributed by atoms with Gasteiger partial charge < -0.3 is 10.6 Å². The van der Waals surface area contributed by atoms with Crippen LogP contribution in [0.1, 0.15) is 44.7 Å². The molecule has 0 saturated heterocycles. The van der Waals surface area contributed by atoms with Crippen LogP contribution in [0, 0.1) is 5.92 Å². The summed E-state index contributed by atoms with van der Waals surface area (Å²) in [5, 5.41) is 2.33. The number of amides is 1. The van der Waals surface area contributed by atoms with Crippen molar-refractivity contribution in [2.75, 3.05) is 19.6 Å². The zero-order valence-electron chi connectivity index (χ0n) is 15.4. The first kappa shape index (κ1) is 18.5. The molecule has 3 heteroatoms. The van der Waals surface area contributed by atoms with E-state index in [9.17, 15) is 4.79 Å². The third-order valence-corrected chi connectivity index (χ3v) is 4.94. The second-order valence-corrected chi connectivity index (χ2v) is 6.76. The van der Waals surface area contributed by atoms with E-state index in [1.807, 2.05) is 12.1 Å². The lowest BCUT2D eigenvalue weighted by molar-refractivity contribution is -0.120. The Labute approximate surface area is 145 Å². The first-order valence-corrected chi connectivity index (χ1v) is 9.01. The quantitative estimate of drug-likeness (QED) is 0.798. The Morgan fingerprint density at radius 3 is 2.33 bits per heavy atom. The number of hydrogen-bond acceptors (Lipinski definition) is 2. The summed E-state index contributed by atoms with van der Waals surface area (Å²) in [6, 6.07) is 12.6. The fraction of sp³-hybridized carbons (Fsp3) is 0.476. The van der Waals surface area contributed by atoms with Crippen LogP contribution in [0.25, 0.3) is 10.8 Å². The summed E-state index contributed by atoms with van der Waals surface area (Å²) in [7, 11) is 0. The lowest BCUT2D eigenvalue weighted by atomic mass is 9.81. The number of carbonyl (C=O) groups is 1. The standard InChI is InChI=1S/C21H30N2O/c1-5-23(6-2)14-13-17-12-11-16-9-7-8-10-18(16)20(17)19(15(3)4)21(22)24/h7-12,15,19H,5-6,13-14H2,1-4H3,(H2,22,24). The third kappa shape index (κ3) is 3.96. The molecule has 2 rings (SSSR count). The molecule has 0 aliphatic heterocycles. The highest BCUT2D eigenvalue weighted by molar-refractivity contribution is 5.93. The first-order chi connectivity index (χ1) is 11.5. The molecule has 0 aliphatic rings. The lowest BCUT2D eigenvalue weighted by Crippen LogP contribution is -2.28. The molecule has 0 bridgehead atoms. The highest BCUT2D eigenvalue weighted by Gasteiger charge is 2.26. The van der Waals surface area contributed by atoms with Gasteiger partial charge in [-0.25, -0.2) is 0 Å². The fourth-order valence-corrected chi connectivity index (χ4v) is 3.55. The van der Waals surface area contributed by atoms with Crippen LogP contribution >= 0.6 is 0 Å². The molecule has 0 fully saturated rings. The number of nitrogens with zero attached hydrogens (tertiary/aromatic N) is 1. The summed E-state index contributed by atoms with van der Waals surface area (Å²) in [6.07, 6.45) is 0.943. The number of rotatable bonds is 8. The largest absolute Gasteiger partial charge is 0.369 e. The van der Waals surface area contributed by atoms with Crippen molar-refractivity contribution in [3.63, 3.8) is 0 Å². The van der Waals surface area contributed by atoms with Gasteiger partial charge in [-0.3, -0.25) is 4.79 Å². The number of primary amides is 1. The molecule has 3 nitrogen and oxygen atoms in total. The molecular weight excluding hydrogens is 296 g/mol. The maximum absolute atomic E-state index is 12.2. The Hall–Kier alpha value is -1.87. The van der Waals surface area contributed by atoms with E-state index in [4.69, 9.17) is 5.73 Å². The summed E-state index contributed by atoms with van der Waals surface area (Å²) >= 11 is 0. The van der Waals surface area contributed by atoms with E-state index in [0.29, 0.717) is 0 Å². The van der Waals surface area contributed by atoms with E-state index < -0.39 is 0 Å². The number of fused-ring (bicyclic) bond motifs is 1. The normalized spacial score (nSPS) is 12.9. The van der Waals surface area contributed by atoms with E-state index in [-0.39, 0.29) is 17.7 Å². The summed E-state index contributed by atoms with van der Waals surface area (Å²) < 4.78 is 0. The molecule has 2 N–H and O–H groups in total. The minimum atomic E-state index is -0.247. The Balaban J connectivity index is 2.53. The number of hydrogen-bond donors (Lipinski definition) is 1. The van der Waals surface area contributed by atoms with Gasteiger partial charge in [0.1, 0.15) is 0 Å². The Morgan fingerprint density at radius 1 is 1.08 bits per heavy atom. The van der Waals surface area contributed by atoms with Crippen LogP contribution in [0.4, 0.5) is 0 Å². The molecule has 130 valence electrons. The van der Waals surface area contributed by atoms with Crippen LogP contribution in [0.3, 0.4) is 0 Å². The summed E-state index contributed by atoms with van der Waals surface area (Å²) in [5.74, 6) is -0.297. The molecule has 2 aromatic carbocycles. The molecule has 0 aromatic heterocycles. The second kappa shape index (κ2) is 8.29. The maximum Gasteiger partial charge on any atom is 0.225 e. The monoisotopic (exact) mass is 326 g/mol. The second-order valence-electron chi connectivity index (χ2n) is 6.76. The SMILES string of the molecule is CCN(CC)CCc1ccc2ccccc2c1C(C(N)=O)C(C)C. The number of carbonyl (C=O) groups excluding carboxylic acids is 1. The van der Waals surface area contributed by atoms with Crippen LogP contribution in [-0.4, -0.2) is 30.4 Å². The predicted molar refractivity (Wildman–Crippen MR) is 102 cm³/mol. The Bertz CT molecular complexity index is 689. The molecule has 1 unspecified atom stereocenters. The highest BCUT2D eigenvalue weighted by atomic mass is 16.1. The third-order valence-electron chi connectivity index (χ3n) is 4.94. The molecule has 1 atom stereocenters. The van der Waals surface area contributed by atoms with E-state index in [1.54, 1.807) is 0 Å². The van der Waals surface area contributed by atoms with Gasteiger partial charge in [0, 0.05) is 6.54 Å². The molecule has 2 aromatic rings. The van der Waals surface area contributed by atoms with Gasteiger partial charge in [0.15, 0.2) is 0 Å². The maximum atomic E-state index is 12.2. The number of benzene rings is 2. The topological polar surface area (TPSA) is 46.3 Å². The summed E-state index contributed by atoms with van der Waals surface area (Å²) in [5.41, 5.74) is 8.16. The summed E-state index contributed by atoms with van der Waals surface area (Å²) in [4.78, 5) is 14.6. The van der Waals surface area contributed by atoms with E-state index in [1.165, 1.54) is 10.9 Å². The molecular formula is C21H30N2O. The molecule has 0 aliphatic carbocycles. The minimum absolute atomic E-state index is 0.181. The van der Waals surface area contributed by atoms with E-state index in [2.05, 4.69) is 56.9 Å². The zero-order chi connectivity index (χ0) is 17.7. The van der Waals surface area contributed by atoms with Crippen molar-refractivity contribution < 1.29 is 4.79 Å². The molecule has 0 saturated carbocycles. The van der Waals surface area contributed by atoms with Gasteiger partial charge in [-0.15, -0.1) is 0 Å². The van der Waals surface area contributed by atoms with Crippen LogP contribution in [0.2, 0.25) is 0 Å². The van der Waals surface area contributed by atoms with Gasteiger partial charge in [-0.1, -0.05) is 64.1 Å². The lowest BCUT2D eigenvalue weighted by Gasteiger charge is -2.25. The smallest absolute Gasteiger partial charge is 0.225 e. The van der Waals surface area contributed by atoms with Crippen LogP contribution in [-0.2, 0) is 11.2 Å². The molecule has 0 radical (unpaired) electrons. The molecule has 0 spiro atoms. The summed E-state index contributed by atoms with van der Waals surface area (Å²) in [6.45, 7) is 11.6. The Morgan fingerprint density at radius 2 is 1.75 bits per heavy atom. The van der Waals surface area contributed by atoms with Crippen LogP contribution < -0.4 is 5.73 Å². The highest BCUT2D eigenvalue weighted by Crippen LogP contribution is 2.34. The minimum Gasteiger partial charge on any atom is -0.369 e. The van der Waals surface area contributed by atoms with Gasteiger partial charge in [-0.2, -0.15) is 0 Å². The molecule has 0 heterocycles. The first-order valence-electron chi connectivity index (χ1n) is 9.01. The Kier molecular flexibility index (Phi) is 6.38. The van der Waals surface area contributed by atoms with E-state index >= 15 is 0 Å². The van der Waals surface area contributed by atoms with Gasteiger partial charge in [0.25, 0.3) is 0 Å². The van der Waals surface area contributed by atoms with Gasteiger partial charge >= 0.3 is 0 Å². The average Bonchev–Trinajstić information content (AvgIpc) is 2.56. The van der Waals surface area contributed by atoms with E-state index in [0.717, 1.165) is 37.0 Å². The van der Waals surface area contributed by atoms with Crippen molar-refractivity contribution >= 4 is 16.7 Å². The number of nitrogens with two attached hydrogens (primary N) is 1. The van der Waals surface area contributed by atoms with Crippen molar-refractivity contribution in [2.45, 2.75) is 40.0 Å². The van der Waals surface area contributed by atoms with Crippen molar-refractivity contribution in [1.82, 2.24) is 4.90 Å². The van der Waals surface area contributed by atoms with Gasteiger partial charge in [0.05, 0.1) is 5.92 Å².